The Balaban J connectivity index is 4.08. The Bertz CT molecular complexity index is 248. The molecule has 0 radical (unpaired) electrons. The van der Waals surface area contributed by atoms with Gasteiger partial charge in [0.15, 0.2) is 0 Å². The second-order valence-electron chi connectivity index (χ2n) is 3.42. The molecule has 2 amide bonds. The van der Waals surface area contributed by atoms with Crippen molar-refractivity contribution in [2.45, 2.75) is 13.3 Å². The second-order valence-corrected chi connectivity index (χ2v) is 3.42. The molecule has 0 bridgehead atoms. The quantitative estimate of drug-likeness (QED) is 0.575. The van der Waals surface area contributed by atoms with E-state index < -0.39 is 0 Å². The summed E-state index contributed by atoms with van der Waals surface area (Å²) >= 11 is 0. The van der Waals surface area contributed by atoms with E-state index in [9.17, 15) is 14.4 Å². The number of nitrogens with zero attached hydrogens (tertiary/aromatic N) is 2. The topological polar surface area (TPSA) is 57.7 Å². The number of carbonyl (C=O) groups is 3. The fourth-order valence-electron chi connectivity index (χ4n) is 0.780. The highest BCUT2D eigenvalue weighted by Gasteiger charge is 2.14. The molecule has 14 heavy (non-hydrogen) atoms. The van der Waals surface area contributed by atoms with Gasteiger partial charge in [-0.05, 0) is 6.92 Å². The third-order valence-corrected chi connectivity index (χ3v) is 1.70. The molecule has 0 aromatic carbocycles. The van der Waals surface area contributed by atoms with Crippen molar-refractivity contribution in [3.63, 3.8) is 0 Å². The van der Waals surface area contributed by atoms with Gasteiger partial charge in [0, 0.05) is 21.1 Å². The molecule has 0 atom stereocenters. The molecule has 0 N–H and O–H groups in total. The Hall–Kier alpha value is -1.39. The fraction of sp³-hybridized carbons (Fsp3) is 0.667. The van der Waals surface area contributed by atoms with Crippen LogP contribution in [0.25, 0.3) is 0 Å². The number of amides is 2. The standard InChI is InChI=1S/C9H16N2O3/c1-7(12)5-8(13)11(4)6-9(14)10(2)3/h5-6H2,1-4H3. The lowest BCUT2D eigenvalue weighted by Gasteiger charge is -2.18. The number of ketones is 1. The molecule has 0 spiro atoms. The van der Waals surface area contributed by atoms with Crippen molar-refractivity contribution in [1.29, 1.82) is 0 Å². The van der Waals surface area contributed by atoms with Crippen LogP contribution in [0.1, 0.15) is 13.3 Å². The van der Waals surface area contributed by atoms with Crippen molar-refractivity contribution >= 4 is 17.6 Å². The number of rotatable bonds is 4. The smallest absolute Gasteiger partial charge is 0.241 e. The van der Waals surface area contributed by atoms with Crippen LogP contribution in [0.4, 0.5) is 0 Å². The zero-order valence-corrected chi connectivity index (χ0v) is 9.03. The zero-order valence-electron chi connectivity index (χ0n) is 9.03. The minimum absolute atomic E-state index is 0.0130. The monoisotopic (exact) mass is 200 g/mol. The molecule has 80 valence electrons. The van der Waals surface area contributed by atoms with E-state index in [-0.39, 0.29) is 30.6 Å². The molecule has 0 aromatic heterocycles. The highest BCUT2D eigenvalue weighted by atomic mass is 16.2. The average Bonchev–Trinajstić information content (AvgIpc) is 2.02. The van der Waals surface area contributed by atoms with Gasteiger partial charge in [-0.25, -0.2) is 0 Å². The lowest BCUT2D eigenvalue weighted by Crippen LogP contribution is -2.38. The summed E-state index contributed by atoms with van der Waals surface area (Å²) < 4.78 is 0. The van der Waals surface area contributed by atoms with Crippen LogP contribution in [0.2, 0.25) is 0 Å². The van der Waals surface area contributed by atoms with Crippen LogP contribution in [-0.4, -0.2) is 55.1 Å². The summed E-state index contributed by atoms with van der Waals surface area (Å²) in [4.78, 5) is 35.7. The van der Waals surface area contributed by atoms with E-state index in [1.807, 2.05) is 0 Å². The third-order valence-electron chi connectivity index (χ3n) is 1.70. The van der Waals surface area contributed by atoms with Crippen LogP contribution in [-0.2, 0) is 14.4 Å². The first-order valence-corrected chi connectivity index (χ1v) is 4.28. The van der Waals surface area contributed by atoms with Crippen LogP contribution in [0, 0.1) is 0 Å². The van der Waals surface area contributed by atoms with Crippen LogP contribution in [0.3, 0.4) is 0 Å². The number of hydrogen-bond acceptors (Lipinski definition) is 3. The highest BCUT2D eigenvalue weighted by Crippen LogP contribution is 1.93. The summed E-state index contributed by atoms with van der Waals surface area (Å²) in [6.45, 7) is 1.36. The van der Waals surface area contributed by atoms with Gasteiger partial charge in [-0.3, -0.25) is 14.4 Å². The molecule has 0 unspecified atom stereocenters. The van der Waals surface area contributed by atoms with Gasteiger partial charge in [-0.2, -0.15) is 0 Å². The number of Topliss-reactive ketones (excluding diaryl/α,β-unsaturated/α-hetero) is 1. The van der Waals surface area contributed by atoms with Crippen LogP contribution in [0.5, 0.6) is 0 Å². The molecule has 0 aliphatic heterocycles. The first kappa shape index (κ1) is 12.6. The minimum atomic E-state index is -0.326. The van der Waals surface area contributed by atoms with Crippen molar-refractivity contribution in [2.24, 2.45) is 0 Å². The molecular formula is C9H16N2O3. The number of carbonyl (C=O) groups excluding carboxylic acids is 3. The summed E-state index contributed by atoms with van der Waals surface area (Å²) in [6, 6.07) is 0. The van der Waals surface area contributed by atoms with Crippen LogP contribution in [0.15, 0.2) is 0 Å². The Morgan fingerprint density at radius 3 is 1.86 bits per heavy atom. The van der Waals surface area contributed by atoms with E-state index in [4.69, 9.17) is 0 Å². The minimum Gasteiger partial charge on any atom is -0.347 e. The summed E-state index contributed by atoms with van der Waals surface area (Å²) in [5.41, 5.74) is 0. The molecule has 0 aliphatic carbocycles. The highest BCUT2D eigenvalue weighted by molar-refractivity contribution is 5.97. The lowest BCUT2D eigenvalue weighted by atomic mass is 10.3. The van der Waals surface area contributed by atoms with Gasteiger partial charge in [0.2, 0.25) is 11.8 Å². The first-order valence-electron chi connectivity index (χ1n) is 4.28. The summed E-state index contributed by atoms with van der Waals surface area (Å²) in [5.74, 6) is -0.684. The normalized spacial score (nSPS) is 9.43. The van der Waals surface area contributed by atoms with Crippen LogP contribution >= 0.6 is 0 Å². The fourth-order valence-corrected chi connectivity index (χ4v) is 0.780. The maximum absolute atomic E-state index is 11.2. The summed E-state index contributed by atoms with van der Waals surface area (Å²) in [6.07, 6.45) is -0.142. The molecule has 0 saturated heterocycles. The van der Waals surface area contributed by atoms with Crippen molar-refractivity contribution < 1.29 is 14.4 Å². The molecule has 0 rings (SSSR count). The summed E-state index contributed by atoms with van der Waals surface area (Å²) in [7, 11) is 4.74. The summed E-state index contributed by atoms with van der Waals surface area (Å²) in [5, 5.41) is 0. The first-order chi connectivity index (χ1) is 6.34. The van der Waals surface area contributed by atoms with Crippen molar-refractivity contribution in [3.8, 4) is 0 Å². The largest absolute Gasteiger partial charge is 0.347 e. The van der Waals surface area contributed by atoms with Crippen LogP contribution < -0.4 is 0 Å². The van der Waals surface area contributed by atoms with Gasteiger partial charge >= 0.3 is 0 Å². The molecule has 0 aromatic rings. The predicted octanol–water partition coefficient (Wildman–Crippen LogP) is -0.488. The molecule has 0 fully saturated rings. The average molecular weight is 200 g/mol. The maximum Gasteiger partial charge on any atom is 0.241 e. The molecule has 0 aliphatic rings. The van der Waals surface area contributed by atoms with E-state index in [1.54, 1.807) is 14.1 Å². The maximum atomic E-state index is 11.2. The molecular weight excluding hydrogens is 184 g/mol. The molecule has 5 nitrogen and oxygen atoms in total. The third kappa shape index (κ3) is 4.59. The van der Waals surface area contributed by atoms with E-state index in [2.05, 4.69) is 0 Å². The lowest BCUT2D eigenvalue weighted by molar-refractivity contribution is -0.139. The van der Waals surface area contributed by atoms with E-state index in [0.29, 0.717) is 0 Å². The van der Waals surface area contributed by atoms with Crippen molar-refractivity contribution in [3.05, 3.63) is 0 Å². The van der Waals surface area contributed by atoms with E-state index in [1.165, 1.54) is 23.8 Å². The van der Waals surface area contributed by atoms with E-state index >= 15 is 0 Å². The Morgan fingerprint density at radius 2 is 1.50 bits per heavy atom. The van der Waals surface area contributed by atoms with Gasteiger partial charge in [-0.1, -0.05) is 0 Å². The zero-order chi connectivity index (χ0) is 11.3. The van der Waals surface area contributed by atoms with Gasteiger partial charge in [0.05, 0.1) is 13.0 Å². The van der Waals surface area contributed by atoms with Gasteiger partial charge in [0.1, 0.15) is 5.78 Å². The predicted molar refractivity (Wildman–Crippen MR) is 51.6 cm³/mol. The Morgan fingerprint density at radius 1 is 1.00 bits per heavy atom. The molecule has 0 saturated carbocycles. The van der Waals surface area contributed by atoms with Gasteiger partial charge < -0.3 is 9.80 Å². The van der Waals surface area contributed by atoms with Gasteiger partial charge in [0.25, 0.3) is 0 Å². The Kier molecular flexibility index (Phi) is 4.83. The second kappa shape index (κ2) is 5.36. The van der Waals surface area contributed by atoms with Crippen molar-refractivity contribution in [1.82, 2.24) is 9.80 Å². The SMILES string of the molecule is CC(=O)CC(=O)N(C)CC(=O)N(C)C. The van der Waals surface area contributed by atoms with Gasteiger partial charge in [-0.15, -0.1) is 0 Å². The van der Waals surface area contributed by atoms with Crippen molar-refractivity contribution in [2.75, 3.05) is 27.7 Å². The number of hydrogen-bond donors (Lipinski definition) is 0. The Labute approximate surface area is 83.7 Å². The van der Waals surface area contributed by atoms with E-state index in [0.717, 1.165) is 0 Å². The molecule has 5 heteroatoms. The molecule has 0 heterocycles. The number of likely N-dealkylation sites (N-methyl/N-ethyl adjacent to an activating group) is 2.